The SMILES string of the molecule is Cc1cc(C(N)Cc2cccc(Br)c2)ccc1F. The average Bonchev–Trinajstić information content (AvgIpc) is 2.32. The van der Waals surface area contributed by atoms with Gasteiger partial charge in [0, 0.05) is 10.5 Å². The molecule has 0 bridgehead atoms. The van der Waals surface area contributed by atoms with Crippen LogP contribution in [0.3, 0.4) is 0 Å². The molecule has 0 aliphatic rings. The molecule has 1 nitrogen and oxygen atoms in total. The van der Waals surface area contributed by atoms with Gasteiger partial charge >= 0.3 is 0 Å². The molecule has 1 atom stereocenters. The lowest BCUT2D eigenvalue weighted by molar-refractivity contribution is 0.615. The molecule has 2 rings (SSSR count). The number of benzene rings is 2. The van der Waals surface area contributed by atoms with E-state index in [0.717, 1.165) is 16.5 Å². The fourth-order valence-electron chi connectivity index (χ4n) is 1.93. The number of nitrogens with two attached hydrogens (primary N) is 1. The van der Waals surface area contributed by atoms with E-state index in [1.165, 1.54) is 11.6 Å². The first-order chi connectivity index (χ1) is 8.56. The maximum atomic E-state index is 13.2. The minimum Gasteiger partial charge on any atom is -0.324 e. The summed E-state index contributed by atoms with van der Waals surface area (Å²) in [6.45, 7) is 1.75. The minimum absolute atomic E-state index is 0.112. The van der Waals surface area contributed by atoms with Crippen molar-refractivity contribution in [3.05, 3.63) is 69.4 Å². The number of rotatable bonds is 3. The normalized spacial score (nSPS) is 12.4. The maximum Gasteiger partial charge on any atom is 0.126 e. The standard InChI is InChI=1S/C15H15BrFN/c1-10-7-12(5-6-14(10)17)15(18)9-11-3-2-4-13(16)8-11/h2-8,15H,9,18H2,1H3. The Morgan fingerprint density at radius 1 is 1.22 bits per heavy atom. The van der Waals surface area contributed by atoms with Crippen LogP contribution in [0, 0.1) is 12.7 Å². The van der Waals surface area contributed by atoms with Gasteiger partial charge in [-0.05, 0) is 48.2 Å². The van der Waals surface area contributed by atoms with Gasteiger partial charge in [-0.3, -0.25) is 0 Å². The van der Waals surface area contributed by atoms with E-state index in [2.05, 4.69) is 22.0 Å². The molecule has 0 aromatic heterocycles. The Labute approximate surface area is 115 Å². The van der Waals surface area contributed by atoms with E-state index in [-0.39, 0.29) is 11.9 Å². The lowest BCUT2D eigenvalue weighted by atomic mass is 9.98. The Hall–Kier alpha value is -1.19. The fourth-order valence-corrected chi connectivity index (χ4v) is 2.38. The summed E-state index contributed by atoms with van der Waals surface area (Å²) in [5, 5.41) is 0. The summed E-state index contributed by atoms with van der Waals surface area (Å²) in [4.78, 5) is 0. The zero-order valence-electron chi connectivity index (χ0n) is 10.2. The molecule has 18 heavy (non-hydrogen) atoms. The second kappa shape index (κ2) is 5.63. The van der Waals surface area contributed by atoms with Gasteiger partial charge in [0.05, 0.1) is 0 Å². The highest BCUT2D eigenvalue weighted by Gasteiger charge is 2.09. The lowest BCUT2D eigenvalue weighted by Crippen LogP contribution is -2.13. The first-order valence-electron chi connectivity index (χ1n) is 5.82. The molecule has 0 heterocycles. The van der Waals surface area contributed by atoms with Crippen LogP contribution in [0.5, 0.6) is 0 Å². The van der Waals surface area contributed by atoms with Crippen molar-refractivity contribution in [1.29, 1.82) is 0 Å². The highest BCUT2D eigenvalue weighted by Crippen LogP contribution is 2.20. The molecular formula is C15H15BrFN. The zero-order chi connectivity index (χ0) is 13.1. The molecule has 0 spiro atoms. The van der Waals surface area contributed by atoms with E-state index in [4.69, 9.17) is 5.73 Å². The van der Waals surface area contributed by atoms with Gasteiger partial charge in [-0.1, -0.05) is 40.2 Å². The Morgan fingerprint density at radius 3 is 2.67 bits per heavy atom. The number of aryl methyl sites for hydroxylation is 1. The zero-order valence-corrected chi connectivity index (χ0v) is 11.7. The molecule has 94 valence electrons. The molecule has 0 radical (unpaired) electrons. The Bertz CT molecular complexity index is 554. The van der Waals surface area contributed by atoms with E-state index in [1.54, 1.807) is 13.0 Å². The highest BCUT2D eigenvalue weighted by atomic mass is 79.9. The van der Waals surface area contributed by atoms with E-state index < -0.39 is 0 Å². The summed E-state index contributed by atoms with van der Waals surface area (Å²) in [6.07, 6.45) is 0.741. The number of hydrogen-bond acceptors (Lipinski definition) is 1. The molecule has 1 unspecified atom stereocenters. The molecular weight excluding hydrogens is 293 g/mol. The van der Waals surface area contributed by atoms with Crippen LogP contribution in [0.1, 0.15) is 22.7 Å². The quantitative estimate of drug-likeness (QED) is 0.906. The van der Waals surface area contributed by atoms with Crippen molar-refractivity contribution in [3.63, 3.8) is 0 Å². The van der Waals surface area contributed by atoms with E-state index in [1.807, 2.05) is 24.3 Å². The first kappa shape index (κ1) is 13.2. The molecule has 3 heteroatoms. The van der Waals surface area contributed by atoms with Crippen molar-refractivity contribution in [1.82, 2.24) is 0 Å². The summed E-state index contributed by atoms with van der Waals surface area (Å²) in [5.74, 6) is -0.187. The molecule has 0 saturated heterocycles. The van der Waals surface area contributed by atoms with Gasteiger partial charge in [-0.15, -0.1) is 0 Å². The van der Waals surface area contributed by atoms with E-state index >= 15 is 0 Å². The van der Waals surface area contributed by atoms with Crippen LogP contribution in [0.15, 0.2) is 46.9 Å². The summed E-state index contributed by atoms with van der Waals surface area (Å²) >= 11 is 3.44. The summed E-state index contributed by atoms with van der Waals surface area (Å²) < 4.78 is 14.2. The van der Waals surface area contributed by atoms with Gasteiger partial charge < -0.3 is 5.73 Å². The number of hydrogen-bond donors (Lipinski definition) is 1. The second-order valence-electron chi connectivity index (χ2n) is 4.45. The maximum absolute atomic E-state index is 13.2. The van der Waals surface area contributed by atoms with Crippen LogP contribution >= 0.6 is 15.9 Å². The summed E-state index contributed by atoms with van der Waals surface area (Å²) in [6, 6.07) is 13.0. The molecule has 0 aliphatic heterocycles. The molecule has 0 amide bonds. The minimum atomic E-state index is -0.187. The van der Waals surface area contributed by atoms with Crippen LogP contribution in [0.4, 0.5) is 4.39 Å². The van der Waals surface area contributed by atoms with Gasteiger partial charge in [0.25, 0.3) is 0 Å². The van der Waals surface area contributed by atoms with Crippen molar-refractivity contribution in [2.24, 2.45) is 5.73 Å². The Morgan fingerprint density at radius 2 is 2.00 bits per heavy atom. The topological polar surface area (TPSA) is 26.0 Å². The molecule has 2 N–H and O–H groups in total. The average molecular weight is 308 g/mol. The van der Waals surface area contributed by atoms with Crippen molar-refractivity contribution >= 4 is 15.9 Å². The molecule has 0 fully saturated rings. The summed E-state index contributed by atoms with van der Waals surface area (Å²) in [7, 11) is 0. The first-order valence-corrected chi connectivity index (χ1v) is 6.61. The predicted octanol–water partition coefficient (Wildman–Crippen LogP) is 4.14. The van der Waals surface area contributed by atoms with Crippen LogP contribution < -0.4 is 5.73 Å². The predicted molar refractivity (Wildman–Crippen MR) is 75.9 cm³/mol. The monoisotopic (exact) mass is 307 g/mol. The van der Waals surface area contributed by atoms with Gasteiger partial charge in [-0.25, -0.2) is 4.39 Å². The highest BCUT2D eigenvalue weighted by molar-refractivity contribution is 9.10. The van der Waals surface area contributed by atoms with Crippen molar-refractivity contribution in [2.75, 3.05) is 0 Å². The summed E-state index contributed by atoms with van der Waals surface area (Å²) in [5.41, 5.74) is 8.93. The van der Waals surface area contributed by atoms with Crippen LogP contribution in [0.2, 0.25) is 0 Å². The van der Waals surface area contributed by atoms with Gasteiger partial charge in [-0.2, -0.15) is 0 Å². The van der Waals surface area contributed by atoms with Crippen LogP contribution in [0.25, 0.3) is 0 Å². The second-order valence-corrected chi connectivity index (χ2v) is 5.36. The largest absolute Gasteiger partial charge is 0.324 e. The molecule has 0 aliphatic carbocycles. The Kier molecular flexibility index (Phi) is 4.15. The number of halogens is 2. The Balaban J connectivity index is 2.16. The van der Waals surface area contributed by atoms with Crippen molar-refractivity contribution in [2.45, 2.75) is 19.4 Å². The van der Waals surface area contributed by atoms with Crippen molar-refractivity contribution < 1.29 is 4.39 Å². The van der Waals surface area contributed by atoms with Crippen molar-refractivity contribution in [3.8, 4) is 0 Å². The fraction of sp³-hybridized carbons (Fsp3) is 0.200. The third kappa shape index (κ3) is 3.18. The smallest absolute Gasteiger partial charge is 0.126 e. The molecule has 2 aromatic rings. The van der Waals surface area contributed by atoms with Gasteiger partial charge in [0.2, 0.25) is 0 Å². The van der Waals surface area contributed by atoms with Crippen LogP contribution in [-0.2, 0) is 6.42 Å². The van der Waals surface area contributed by atoms with E-state index in [9.17, 15) is 4.39 Å². The third-order valence-electron chi connectivity index (χ3n) is 2.95. The van der Waals surface area contributed by atoms with E-state index in [0.29, 0.717) is 5.56 Å². The molecule has 2 aromatic carbocycles. The molecule has 0 saturated carbocycles. The van der Waals surface area contributed by atoms with Gasteiger partial charge in [0.15, 0.2) is 0 Å². The van der Waals surface area contributed by atoms with Crippen LogP contribution in [-0.4, -0.2) is 0 Å². The lowest BCUT2D eigenvalue weighted by Gasteiger charge is -2.13. The van der Waals surface area contributed by atoms with Gasteiger partial charge in [0.1, 0.15) is 5.82 Å². The third-order valence-corrected chi connectivity index (χ3v) is 3.45.